The normalized spacial score (nSPS) is 13.1. The molecule has 214 valence electrons. The maximum Gasteiger partial charge on any atom is 0.305 e. The van der Waals surface area contributed by atoms with E-state index in [1.807, 2.05) is 0 Å². The van der Waals surface area contributed by atoms with E-state index in [1.54, 1.807) is 0 Å². The molecule has 0 amide bonds. The summed E-state index contributed by atoms with van der Waals surface area (Å²) in [6, 6.07) is 0. The number of rotatable bonds is 26. The van der Waals surface area contributed by atoms with E-state index in [-0.39, 0.29) is 25.2 Å². The zero-order chi connectivity index (χ0) is 26.9. The van der Waals surface area contributed by atoms with Crippen LogP contribution in [0.4, 0.5) is 0 Å². The number of carbonyl (C=O) groups excluding carboxylic acids is 2. The van der Waals surface area contributed by atoms with Gasteiger partial charge in [0.25, 0.3) is 0 Å². The maximum absolute atomic E-state index is 11.8. The van der Waals surface area contributed by atoms with E-state index in [4.69, 9.17) is 9.47 Å². The Bertz CT molecular complexity index is 505. The average Bonchev–Trinajstić information content (AvgIpc) is 2.85. The molecule has 0 saturated heterocycles. The van der Waals surface area contributed by atoms with Gasteiger partial charge in [0, 0.05) is 12.8 Å². The van der Waals surface area contributed by atoms with Crippen molar-refractivity contribution in [2.45, 2.75) is 162 Å². The Morgan fingerprint density at radius 3 is 1.33 bits per heavy atom. The SMILES string of the molecule is CCC(C)CCCCCCCCCCC(=O)OC[C@H](O)COC(=O)CCCCCCCCCC(C)C. The summed E-state index contributed by atoms with van der Waals surface area (Å²) in [6.45, 7) is 8.91. The van der Waals surface area contributed by atoms with E-state index >= 15 is 0 Å². The second kappa shape index (κ2) is 25.5. The fraction of sp³-hybridized carbons (Fsp3) is 0.935. The van der Waals surface area contributed by atoms with Crippen molar-refractivity contribution in [3.63, 3.8) is 0 Å². The molecule has 0 bridgehead atoms. The van der Waals surface area contributed by atoms with Gasteiger partial charge >= 0.3 is 11.9 Å². The van der Waals surface area contributed by atoms with Crippen molar-refractivity contribution in [3.05, 3.63) is 0 Å². The van der Waals surface area contributed by atoms with Gasteiger partial charge in [0.2, 0.25) is 0 Å². The fourth-order valence-corrected chi connectivity index (χ4v) is 4.30. The van der Waals surface area contributed by atoms with Gasteiger partial charge in [0.15, 0.2) is 0 Å². The van der Waals surface area contributed by atoms with Crippen LogP contribution in [0, 0.1) is 11.8 Å². The molecule has 0 aliphatic rings. The highest BCUT2D eigenvalue weighted by Crippen LogP contribution is 2.15. The molecule has 0 radical (unpaired) electrons. The summed E-state index contributed by atoms with van der Waals surface area (Å²) < 4.78 is 10.2. The lowest BCUT2D eigenvalue weighted by Gasteiger charge is -2.12. The summed E-state index contributed by atoms with van der Waals surface area (Å²) in [6.07, 6.45) is 21.5. The minimum atomic E-state index is -0.955. The third kappa shape index (κ3) is 26.0. The summed E-state index contributed by atoms with van der Waals surface area (Å²) in [5.41, 5.74) is 0. The van der Waals surface area contributed by atoms with Crippen LogP contribution in [0.1, 0.15) is 156 Å². The van der Waals surface area contributed by atoms with Crippen LogP contribution in [0.25, 0.3) is 0 Å². The molecule has 0 fully saturated rings. The van der Waals surface area contributed by atoms with Crippen molar-refractivity contribution in [2.75, 3.05) is 13.2 Å². The molecule has 0 aromatic carbocycles. The van der Waals surface area contributed by atoms with Gasteiger partial charge in [-0.15, -0.1) is 0 Å². The third-order valence-electron chi connectivity index (χ3n) is 7.06. The van der Waals surface area contributed by atoms with Crippen molar-refractivity contribution in [2.24, 2.45) is 11.8 Å². The lowest BCUT2D eigenvalue weighted by atomic mass is 9.99. The van der Waals surface area contributed by atoms with Crippen LogP contribution in [0.2, 0.25) is 0 Å². The van der Waals surface area contributed by atoms with Crippen LogP contribution in [-0.2, 0) is 19.1 Å². The van der Waals surface area contributed by atoms with Crippen molar-refractivity contribution in [3.8, 4) is 0 Å². The number of hydrogen-bond acceptors (Lipinski definition) is 5. The standard InChI is InChI=1S/C31H60O5/c1-5-28(4)22-18-14-10-6-7-11-15-19-23-30(33)35-25-29(32)26-36-31(34)24-20-16-12-8-9-13-17-21-27(2)3/h27-29,32H,5-26H2,1-4H3/t28?,29-/m0/s1. The first-order chi connectivity index (χ1) is 17.3. The van der Waals surface area contributed by atoms with Crippen LogP contribution in [0.3, 0.4) is 0 Å². The molecule has 0 spiro atoms. The van der Waals surface area contributed by atoms with Crippen LogP contribution in [-0.4, -0.2) is 36.4 Å². The van der Waals surface area contributed by atoms with E-state index in [0.29, 0.717) is 12.8 Å². The topological polar surface area (TPSA) is 72.8 Å². The fourth-order valence-electron chi connectivity index (χ4n) is 4.30. The molecule has 0 rings (SSSR count). The Labute approximate surface area is 223 Å². The van der Waals surface area contributed by atoms with E-state index < -0.39 is 6.10 Å². The van der Waals surface area contributed by atoms with Crippen LogP contribution >= 0.6 is 0 Å². The first-order valence-electron chi connectivity index (χ1n) is 15.3. The van der Waals surface area contributed by atoms with E-state index in [9.17, 15) is 14.7 Å². The molecule has 0 saturated carbocycles. The van der Waals surface area contributed by atoms with Crippen molar-refractivity contribution in [1.82, 2.24) is 0 Å². The molecule has 0 aliphatic carbocycles. The molecule has 36 heavy (non-hydrogen) atoms. The Morgan fingerprint density at radius 2 is 0.944 bits per heavy atom. The third-order valence-corrected chi connectivity index (χ3v) is 7.06. The highest BCUT2D eigenvalue weighted by molar-refractivity contribution is 5.69. The highest BCUT2D eigenvalue weighted by Gasteiger charge is 2.12. The van der Waals surface area contributed by atoms with Crippen LogP contribution in [0.5, 0.6) is 0 Å². The molecular weight excluding hydrogens is 452 g/mol. The van der Waals surface area contributed by atoms with Crippen LogP contribution in [0.15, 0.2) is 0 Å². The molecule has 1 N–H and O–H groups in total. The van der Waals surface area contributed by atoms with Crippen molar-refractivity contribution in [1.29, 1.82) is 0 Å². The van der Waals surface area contributed by atoms with Gasteiger partial charge in [0.05, 0.1) is 0 Å². The summed E-state index contributed by atoms with van der Waals surface area (Å²) in [5, 5.41) is 9.91. The molecular formula is C31H60O5. The number of ether oxygens (including phenoxy) is 2. The first kappa shape index (κ1) is 34.9. The number of aliphatic hydroxyl groups is 1. The molecule has 5 nitrogen and oxygen atoms in total. The molecule has 0 aliphatic heterocycles. The van der Waals surface area contributed by atoms with Gasteiger partial charge in [-0.3, -0.25) is 9.59 Å². The number of aliphatic hydroxyl groups excluding tert-OH is 1. The second-order valence-corrected chi connectivity index (χ2v) is 11.3. The van der Waals surface area contributed by atoms with Crippen molar-refractivity contribution >= 4 is 11.9 Å². The Hall–Kier alpha value is -1.10. The van der Waals surface area contributed by atoms with Gasteiger partial charge in [-0.05, 0) is 24.7 Å². The quantitative estimate of drug-likeness (QED) is 0.0928. The summed E-state index contributed by atoms with van der Waals surface area (Å²) in [5.74, 6) is 1.09. The zero-order valence-corrected chi connectivity index (χ0v) is 24.4. The Kier molecular flexibility index (Phi) is 24.8. The monoisotopic (exact) mass is 512 g/mol. The molecule has 0 aromatic rings. The molecule has 1 unspecified atom stereocenters. The Balaban J connectivity index is 3.46. The van der Waals surface area contributed by atoms with Crippen molar-refractivity contribution < 1.29 is 24.2 Å². The highest BCUT2D eigenvalue weighted by atomic mass is 16.6. The van der Waals surface area contributed by atoms with Gasteiger partial charge < -0.3 is 14.6 Å². The van der Waals surface area contributed by atoms with E-state index in [1.165, 1.54) is 77.0 Å². The lowest BCUT2D eigenvalue weighted by molar-refractivity contribution is -0.152. The molecule has 5 heteroatoms. The number of esters is 2. The lowest BCUT2D eigenvalue weighted by Crippen LogP contribution is -2.25. The number of unbranched alkanes of at least 4 members (excludes halogenated alkanes) is 13. The van der Waals surface area contributed by atoms with Gasteiger partial charge in [-0.25, -0.2) is 0 Å². The van der Waals surface area contributed by atoms with Gasteiger partial charge in [-0.2, -0.15) is 0 Å². The summed E-state index contributed by atoms with van der Waals surface area (Å²) in [4.78, 5) is 23.7. The average molecular weight is 513 g/mol. The smallest absolute Gasteiger partial charge is 0.305 e. The predicted molar refractivity (Wildman–Crippen MR) is 150 cm³/mol. The number of carbonyl (C=O) groups is 2. The summed E-state index contributed by atoms with van der Waals surface area (Å²) in [7, 11) is 0. The van der Waals surface area contributed by atoms with E-state index in [2.05, 4.69) is 27.7 Å². The van der Waals surface area contributed by atoms with E-state index in [0.717, 1.165) is 50.4 Å². The maximum atomic E-state index is 11.8. The predicted octanol–water partition coefficient (Wildman–Crippen LogP) is 8.55. The largest absolute Gasteiger partial charge is 0.463 e. The molecule has 0 aromatic heterocycles. The minimum Gasteiger partial charge on any atom is -0.463 e. The first-order valence-corrected chi connectivity index (χ1v) is 15.3. The molecule has 2 atom stereocenters. The van der Waals surface area contributed by atoms with Gasteiger partial charge in [0.1, 0.15) is 19.3 Å². The van der Waals surface area contributed by atoms with Gasteiger partial charge in [-0.1, -0.05) is 130 Å². The van der Waals surface area contributed by atoms with Crippen LogP contribution < -0.4 is 0 Å². The minimum absolute atomic E-state index is 0.112. The second-order valence-electron chi connectivity index (χ2n) is 11.3. The molecule has 0 heterocycles. The zero-order valence-electron chi connectivity index (χ0n) is 24.4. The number of hydrogen-bond donors (Lipinski definition) is 1. The summed E-state index contributed by atoms with van der Waals surface area (Å²) >= 11 is 0. The Morgan fingerprint density at radius 1 is 0.583 bits per heavy atom.